The summed E-state index contributed by atoms with van der Waals surface area (Å²) in [6.45, 7) is 1.55. The fourth-order valence-electron chi connectivity index (χ4n) is 3.18. The van der Waals surface area contributed by atoms with E-state index < -0.39 is 17.6 Å². The van der Waals surface area contributed by atoms with Crippen molar-refractivity contribution >= 4 is 17.4 Å². The Bertz CT molecular complexity index is 817. The first kappa shape index (κ1) is 19.2. The number of anilines is 2. The van der Waals surface area contributed by atoms with Crippen LogP contribution >= 0.6 is 0 Å². The quantitative estimate of drug-likeness (QED) is 0.849. The Kier molecular flexibility index (Phi) is 5.65. The molecule has 1 aromatic heterocycles. The number of carbonyl (C=O) groups excluding carboxylic acids is 1. The van der Waals surface area contributed by atoms with E-state index in [1.807, 2.05) is 4.90 Å². The molecule has 1 fully saturated rings. The molecule has 0 spiro atoms. The molecule has 0 unspecified atom stereocenters. The van der Waals surface area contributed by atoms with Crippen molar-refractivity contribution in [3.63, 3.8) is 0 Å². The van der Waals surface area contributed by atoms with E-state index in [-0.39, 0.29) is 12.2 Å². The molecule has 1 saturated heterocycles. The van der Waals surface area contributed by atoms with Crippen LogP contribution in [-0.2, 0) is 12.7 Å². The SMILES string of the molecule is NCc1cc(NC(=O)c2cccnc2N2CCCCC2)cc(C(F)(F)F)c1. The summed E-state index contributed by atoms with van der Waals surface area (Å²) in [5.41, 5.74) is 5.35. The zero-order chi connectivity index (χ0) is 19.4. The zero-order valence-electron chi connectivity index (χ0n) is 14.7. The van der Waals surface area contributed by atoms with Crippen molar-refractivity contribution in [3.8, 4) is 0 Å². The number of halogens is 3. The van der Waals surface area contributed by atoms with Crippen molar-refractivity contribution in [1.82, 2.24) is 4.98 Å². The maximum Gasteiger partial charge on any atom is 0.416 e. The average Bonchev–Trinajstić information content (AvgIpc) is 2.67. The van der Waals surface area contributed by atoms with E-state index in [0.717, 1.165) is 44.5 Å². The van der Waals surface area contributed by atoms with E-state index in [1.54, 1.807) is 18.3 Å². The van der Waals surface area contributed by atoms with Crippen molar-refractivity contribution in [1.29, 1.82) is 0 Å². The first-order valence-electron chi connectivity index (χ1n) is 8.81. The topological polar surface area (TPSA) is 71.2 Å². The van der Waals surface area contributed by atoms with Crippen LogP contribution in [0.25, 0.3) is 0 Å². The third-order valence-corrected chi connectivity index (χ3v) is 4.50. The van der Waals surface area contributed by atoms with E-state index in [9.17, 15) is 18.0 Å². The van der Waals surface area contributed by atoms with Crippen LogP contribution in [0.2, 0.25) is 0 Å². The largest absolute Gasteiger partial charge is 0.416 e. The third kappa shape index (κ3) is 4.57. The fraction of sp³-hybridized carbons (Fsp3) is 0.368. The highest BCUT2D eigenvalue weighted by Crippen LogP contribution is 2.32. The lowest BCUT2D eigenvalue weighted by Crippen LogP contribution is -2.32. The van der Waals surface area contributed by atoms with Gasteiger partial charge in [-0.25, -0.2) is 4.98 Å². The number of hydrogen-bond donors (Lipinski definition) is 2. The standard InChI is InChI=1S/C19H21F3N4O/c20-19(21,22)14-9-13(12-23)10-15(11-14)25-18(27)16-5-4-6-24-17(16)26-7-2-1-3-8-26/h4-6,9-11H,1-3,7-8,12,23H2,(H,25,27). The van der Waals surface area contributed by atoms with Crippen molar-refractivity contribution < 1.29 is 18.0 Å². The number of carbonyl (C=O) groups is 1. The van der Waals surface area contributed by atoms with Crippen LogP contribution in [0.15, 0.2) is 36.5 Å². The number of nitrogens with one attached hydrogen (secondary N) is 1. The molecule has 3 rings (SSSR count). The number of nitrogens with zero attached hydrogens (tertiary/aromatic N) is 2. The Morgan fingerprint density at radius 2 is 1.93 bits per heavy atom. The van der Waals surface area contributed by atoms with E-state index in [4.69, 9.17) is 5.73 Å². The summed E-state index contributed by atoms with van der Waals surface area (Å²) in [5, 5.41) is 2.56. The van der Waals surface area contributed by atoms with Gasteiger partial charge in [0.1, 0.15) is 5.82 Å². The van der Waals surface area contributed by atoms with Gasteiger partial charge in [-0.15, -0.1) is 0 Å². The summed E-state index contributed by atoms with van der Waals surface area (Å²) in [6, 6.07) is 6.61. The van der Waals surface area contributed by atoms with Gasteiger partial charge in [-0.2, -0.15) is 13.2 Å². The summed E-state index contributed by atoms with van der Waals surface area (Å²) in [6.07, 6.45) is 0.267. The van der Waals surface area contributed by atoms with Gasteiger partial charge in [0.25, 0.3) is 5.91 Å². The highest BCUT2D eigenvalue weighted by molar-refractivity contribution is 6.07. The minimum absolute atomic E-state index is 0.0568. The van der Waals surface area contributed by atoms with Crippen LogP contribution in [0.3, 0.4) is 0 Å². The number of nitrogens with two attached hydrogens (primary N) is 1. The molecule has 0 atom stereocenters. The number of aromatic nitrogens is 1. The molecule has 3 N–H and O–H groups in total. The van der Waals surface area contributed by atoms with E-state index >= 15 is 0 Å². The number of pyridine rings is 1. The maximum absolute atomic E-state index is 13.1. The second-order valence-electron chi connectivity index (χ2n) is 6.50. The summed E-state index contributed by atoms with van der Waals surface area (Å²) in [5.74, 6) is 0.0618. The first-order chi connectivity index (χ1) is 12.9. The van der Waals surface area contributed by atoms with E-state index in [2.05, 4.69) is 10.3 Å². The molecule has 8 heteroatoms. The van der Waals surface area contributed by atoms with Crippen molar-refractivity contribution in [2.75, 3.05) is 23.3 Å². The van der Waals surface area contributed by atoms with Crippen molar-refractivity contribution in [2.24, 2.45) is 5.73 Å². The zero-order valence-corrected chi connectivity index (χ0v) is 14.7. The smallest absolute Gasteiger partial charge is 0.356 e. The summed E-state index contributed by atoms with van der Waals surface area (Å²) in [7, 11) is 0. The molecule has 0 saturated carbocycles. The predicted octanol–water partition coefficient (Wildman–Crippen LogP) is 3.80. The Morgan fingerprint density at radius 3 is 2.59 bits per heavy atom. The molecule has 1 aliphatic heterocycles. The number of piperidine rings is 1. The molecule has 1 aromatic carbocycles. The first-order valence-corrected chi connectivity index (χ1v) is 8.81. The highest BCUT2D eigenvalue weighted by Gasteiger charge is 2.31. The molecule has 1 amide bonds. The number of rotatable bonds is 4. The van der Waals surface area contributed by atoms with Crippen molar-refractivity contribution in [2.45, 2.75) is 32.0 Å². The lowest BCUT2D eigenvalue weighted by Gasteiger charge is -2.29. The monoisotopic (exact) mass is 378 g/mol. The van der Waals surface area contributed by atoms with Crippen LogP contribution in [0.5, 0.6) is 0 Å². The Labute approximate surface area is 155 Å². The summed E-state index contributed by atoms with van der Waals surface area (Å²) in [4.78, 5) is 19.1. The minimum Gasteiger partial charge on any atom is -0.356 e. The number of amides is 1. The Balaban J connectivity index is 1.88. The highest BCUT2D eigenvalue weighted by atomic mass is 19.4. The normalized spacial score (nSPS) is 14.9. The molecule has 2 heterocycles. The summed E-state index contributed by atoms with van der Waals surface area (Å²) < 4.78 is 39.2. The second kappa shape index (κ2) is 7.96. The molecular formula is C19H21F3N4O. The van der Waals surface area contributed by atoms with Gasteiger partial charge in [0.05, 0.1) is 11.1 Å². The van der Waals surface area contributed by atoms with E-state index in [0.29, 0.717) is 16.9 Å². The maximum atomic E-state index is 13.1. The van der Waals surface area contributed by atoms with Crippen LogP contribution in [0.4, 0.5) is 24.7 Å². The van der Waals surface area contributed by atoms with Crippen LogP contribution in [0.1, 0.15) is 40.7 Å². The molecule has 0 bridgehead atoms. The molecule has 1 aliphatic rings. The fourth-order valence-corrected chi connectivity index (χ4v) is 3.18. The molecule has 27 heavy (non-hydrogen) atoms. The van der Waals surface area contributed by atoms with Crippen molar-refractivity contribution in [3.05, 3.63) is 53.2 Å². The number of hydrogen-bond acceptors (Lipinski definition) is 4. The third-order valence-electron chi connectivity index (χ3n) is 4.50. The van der Waals surface area contributed by atoms with Gasteiger partial charge >= 0.3 is 6.18 Å². The van der Waals surface area contributed by atoms with Gasteiger partial charge in [0, 0.05) is 31.5 Å². The van der Waals surface area contributed by atoms with Gasteiger partial charge in [0.2, 0.25) is 0 Å². The molecule has 144 valence electrons. The number of benzene rings is 1. The molecule has 0 aliphatic carbocycles. The van der Waals surface area contributed by atoms with Gasteiger partial charge in [-0.05, 0) is 55.2 Å². The van der Waals surface area contributed by atoms with Gasteiger partial charge in [-0.3, -0.25) is 4.79 Å². The average molecular weight is 378 g/mol. The molecular weight excluding hydrogens is 357 g/mol. The lowest BCUT2D eigenvalue weighted by atomic mass is 10.1. The van der Waals surface area contributed by atoms with Gasteiger partial charge in [-0.1, -0.05) is 0 Å². The van der Waals surface area contributed by atoms with Crippen LogP contribution < -0.4 is 16.0 Å². The van der Waals surface area contributed by atoms with Crippen LogP contribution in [-0.4, -0.2) is 24.0 Å². The Morgan fingerprint density at radius 1 is 1.19 bits per heavy atom. The number of alkyl halides is 3. The molecule has 0 radical (unpaired) electrons. The molecule has 2 aromatic rings. The predicted molar refractivity (Wildman–Crippen MR) is 97.6 cm³/mol. The van der Waals surface area contributed by atoms with Gasteiger partial charge < -0.3 is 16.0 Å². The van der Waals surface area contributed by atoms with Gasteiger partial charge in [0.15, 0.2) is 0 Å². The summed E-state index contributed by atoms with van der Waals surface area (Å²) >= 11 is 0. The minimum atomic E-state index is -4.52. The Hall–Kier alpha value is -2.61. The molecule has 5 nitrogen and oxygen atoms in total. The van der Waals surface area contributed by atoms with Crippen LogP contribution in [0, 0.1) is 0 Å². The van der Waals surface area contributed by atoms with E-state index in [1.165, 1.54) is 6.07 Å². The lowest BCUT2D eigenvalue weighted by molar-refractivity contribution is -0.137. The second-order valence-corrected chi connectivity index (χ2v) is 6.50.